The molecule has 0 saturated heterocycles. The number of aryl methyl sites for hydroxylation is 1. The first-order valence-electron chi connectivity index (χ1n) is 6.33. The van der Waals surface area contributed by atoms with Crippen LogP contribution in [0.25, 0.3) is 11.1 Å². The minimum atomic E-state index is 0.710. The summed E-state index contributed by atoms with van der Waals surface area (Å²) in [7, 11) is 5.78. The van der Waals surface area contributed by atoms with Gasteiger partial charge in [0.25, 0.3) is 0 Å². The summed E-state index contributed by atoms with van der Waals surface area (Å²) in [6.45, 7) is 1.57. The largest absolute Gasteiger partial charge is 0.398 e. The molecule has 0 bridgehead atoms. The number of benzene rings is 1. The summed E-state index contributed by atoms with van der Waals surface area (Å²) in [5.41, 5.74) is 10.2. The lowest BCUT2D eigenvalue weighted by molar-refractivity contribution is 0.206. The van der Waals surface area contributed by atoms with Crippen molar-refractivity contribution in [1.29, 1.82) is 0 Å². The quantitative estimate of drug-likeness (QED) is 0.838. The molecule has 4 heteroatoms. The van der Waals surface area contributed by atoms with Crippen molar-refractivity contribution in [3.05, 3.63) is 36.7 Å². The zero-order valence-corrected chi connectivity index (χ0v) is 11.8. The fourth-order valence-electron chi connectivity index (χ4n) is 2.05. The molecule has 19 heavy (non-hydrogen) atoms. The zero-order chi connectivity index (χ0) is 13.8. The highest BCUT2D eigenvalue weighted by atomic mass is 16.5. The van der Waals surface area contributed by atoms with Gasteiger partial charge < -0.3 is 19.9 Å². The fourth-order valence-corrected chi connectivity index (χ4v) is 2.05. The third-order valence-electron chi connectivity index (χ3n) is 3.25. The molecule has 2 N–H and O–H groups in total. The van der Waals surface area contributed by atoms with Crippen molar-refractivity contribution in [2.24, 2.45) is 7.05 Å². The van der Waals surface area contributed by atoms with Crippen LogP contribution in [0.1, 0.15) is 0 Å². The molecule has 0 radical (unpaired) electrons. The first kappa shape index (κ1) is 13.5. The number of ether oxygens (including phenoxy) is 1. The van der Waals surface area contributed by atoms with E-state index >= 15 is 0 Å². The summed E-state index contributed by atoms with van der Waals surface area (Å²) < 4.78 is 7.13. The zero-order valence-electron chi connectivity index (χ0n) is 11.8. The van der Waals surface area contributed by atoms with Gasteiger partial charge in [0.2, 0.25) is 0 Å². The molecule has 102 valence electrons. The van der Waals surface area contributed by atoms with E-state index < -0.39 is 0 Å². The van der Waals surface area contributed by atoms with E-state index in [9.17, 15) is 0 Å². The van der Waals surface area contributed by atoms with Crippen LogP contribution in [0.5, 0.6) is 0 Å². The first-order chi connectivity index (χ1) is 9.11. The second kappa shape index (κ2) is 5.80. The highest BCUT2D eigenvalue weighted by Gasteiger charge is 2.07. The molecule has 1 aromatic heterocycles. The maximum atomic E-state index is 6.08. The lowest BCUT2D eigenvalue weighted by Crippen LogP contribution is -2.22. The Hall–Kier alpha value is -1.94. The van der Waals surface area contributed by atoms with Gasteiger partial charge in [-0.15, -0.1) is 0 Å². The Morgan fingerprint density at radius 2 is 2.11 bits per heavy atom. The van der Waals surface area contributed by atoms with Gasteiger partial charge >= 0.3 is 0 Å². The third-order valence-corrected chi connectivity index (χ3v) is 3.25. The molecule has 0 aliphatic heterocycles. The lowest BCUT2D eigenvalue weighted by Gasteiger charge is -2.20. The van der Waals surface area contributed by atoms with Crippen molar-refractivity contribution < 1.29 is 4.74 Å². The van der Waals surface area contributed by atoms with Crippen LogP contribution >= 0.6 is 0 Å². The molecule has 0 atom stereocenters. The number of nitrogen functional groups attached to an aromatic ring is 1. The second-order valence-electron chi connectivity index (χ2n) is 4.75. The van der Waals surface area contributed by atoms with E-state index in [4.69, 9.17) is 10.5 Å². The maximum absolute atomic E-state index is 6.08. The van der Waals surface area contributed by atoms with Crippen molar-refractivity contribution in [3.63, 3.8) is 0 Å². The third kappa shape index (κ3) is 3.09. The van der Waals surface area contributed by atoms with E-state index in [1.807, 2.05) is 29.9 Å². The number of hydrogen-bond donors (Lipinski definition) is 1. The summed E-state index contributed by atoms with van der Waals surface area (Å²) in [6, 6.07) is 8.20. The molecule has 0 spiro atoms. The van der Waals surface area contributed by atoms with E-state index in [2.05, 4.69) is 30.3 Å². The van der Waals surface area contributed by atoms with Crippen molar-refractivity contribution in [3.8, 4) is 11.1 Å². The number of anilines is 2. The molecule has 4 nitrogen and oxygen atoms in total. The second-order valence-corrected chi connectivity index (χ2v) is 4.75. The van der Waals surface area contributed by atoms with E-state index in [-0.39, 0.29) is 0 Å². The van der Waals surface area contributed by atoms with Crippen LogP contribution in [0, 0.1) is 0 Å². The monoisotopic (exact) mass is 259 g/mol. The average Bonchev–Trinajstić information content (AvgIpc) is 2.83. The van der Waals surface area contributed by atoms with Gasteiger partial charge in [-0.25, -0.2) is 0 Å². The molecular formula is C15H21N3O. The smallest absolute Gasteiger partial charge is 0.0637 e. The minimum Gasteiger partial charge on any atom is -0.398 e. The highest BCUT2D eigenvalue weighted by molar-refractivity contribution is 5.79. The van der Waals surface area contributed by atoms with Gasteiger partial charge in [0.05, 0.1) is 6.61 Å². The summed E-state index contributed by atoms with van der Waals surface area (Å²) >= 11 is 0. The predicted octanol–water partition coefficient (Wildman–Crippen LogP) is 2.36. The minimum absolute atomic E-state index is 0.710. The highest BCUT2D eigenvalue weighted by Crippen LogP contribution is 2.30. The van der Waals surface area contributed by atoms with Crippen LogP contribution < -0.4 is 10.6 Å². The molecule has 1 heterocycles. The summed E-state index contributed by atoms with van der Waals surface area (Å²) in [5.74, 6) is 0. The molecule has 2 aromatic rings. The Balaban J connectivity index is 2.29. The van der Waals surface area contributed by atoms with Crippen molar-refractivity contribution >= 4 is 11.4 Å². The molecule has 0 fully saturated rings. The fraction of sp³-hybridized carbons (Fsp3) is 0.333. The number of hydrogen-bond acceptors (Lipinski definition) is 3. The molecular weight excluding hydrogens is 238 g/mol. The number of nitrogens with two attached hydrogens (primary N) is 1. The number of nitrogens with zero attached hydrogens (tertiary/aromatic N) is 2. The van der Waals surface area contributed by atoms with Crippen molar-refractivity contribution in [2.45, 2.75) is 0 Å². The maximum Gasteiger partial charge on any atom is 0.0637 e. The van der Waals surface area contributed by atoms with Crippen LogP contribution in [0.15, 0.2) is 36.7 Å². The van der Waals surface area contributed by atoms with Crippen LogP contribution in [0.4, 0.5) is 11.4 Å². The van der Waals surface area contributed by atoms with Gasteiger partial charge in [-0.2, -0.15) is 0 Å². The van der Waals surface area contributed by atoms with Crippen LogP contribution in [0.3, 0.4) is 0 Å². The molecule has 0 unspecified atom stereocenters. The summed E-state index contributed by atoms with van der Waals surface area (Å²) in [6.07, 6.45) is 4.10. The first-order valence-corrected chi connectivity index (χ1v) is 6.33. The molecule has 1 aromatic carbocycles. The normalized spacial score (nSPS) is 10.7. The Bertz CT molecular complexity index is 548. The molecule has 2 rings (SSSR count). The van der Waals surface area contributed by atoms with Crippen LogP contribution in [0.2, 0.25) is 0 Å². The van der Waals surface area contributed by atoms with Gasteiger partial charge in [-0.3, -0.25) is 0 Å². The number of aromatic nitrogens is 1. The van der Waals surface area contributed by atoms with Crippen LogP contribution in [-0.2, 0) is 11.8 Å². The topological polar surface area (TPSA) is 43.4 Å². The number of likely N-dealkylation sites (N-methyl/N-ethyl adjacent to an activating group) is 1. The molecule has 0 amide bonds. The molecule has 0 aliphatic carbocycles. The molecule has 0 saturated carbocycles. The van der Waals surface area contributed by atoms with E-state index in [1.165, 1.54) is 0 Å². The summed E-state index contributed by atoms with van der Waals surface area (Å²) in [4.78, 5) is 2.16. The van der Waals surface area contributed by atoms with Gasteiger partial charge in [0.1, 0.15) is 0 Å². The Labute approximate surface area is 114 Å². The van der Waals surface area contributed by atoms with Gasteiger partial charge in [0, 0.05) is 62.6 Å². The molecule has 0 aliphatic rings. The van der Waals surface area contributed by atoms with Gasteiger partial charge in [0.15, 0.2) is 0 Å². The van der Waals surface area contributed by atoms with E-state index in [1.54, 1.807) is 7.11 Å². The predicted molar refractivity (Wildman–Crippen MR) is 80.4 cm³/mol. The Kier molecular flexibility index (Phi) is 4.12. The van der Waals surface area contributed by atoms with E-state index in [0.717, 1.165) is 29.0 Å². The Morgan fingerprint density at radius 3 is 2.74 bits per heavy atom. The van der Waals surface area contributed by atoms with Gasteiger partial charge in [-0.1, -0.05) is 0 Å². The average molecular weight is 259 g/mol. The SMILES string of the molecule is COCCN(C)c1ccc(N)c(-c2ccn(C)c2)c1. The number of rotatable bonds is 5. The lowest BCUT2D eigenvalue weighted by atomic mass is 10.1. The van der Waals surface area contributed by atoms with E-state index in [0.29, 0.717) is 6.61 Å². The van der Waals surface area contributed by atoms with Crippen molar-refractivity contribution in [2.75, 3.05) is 37.9 Å². The van der Waals surface area contributed by atoms with Gasteiger partial charge in [-0.05, 0) is 24.3 Å². The Morgan fingerprint density at radius 1 is 1.32 bits per heavy atom. The standard InChI is InChI=1S/C15H21N3O/c1-17-7-6-12(11-17)14-10-13(4-5-15(14)16)18(2)8-9-19-3/h4-7,10-11H,8-9,16H2,1-3H3. The van der Waals surface area contributed by atoms with Crippen LogP contribution in [-0.4, -0.2) is 31.9 Å². The number of methoxy groups -OCH3 is 1. The van der Waals surface area contributed by atoms with Crippen molar-refractivity contribution in [1.82, 2.24) is 4.57 Å². The summed E-state index contributed by atoms with van der Waals surface area (Å²) in [5, 5.41) is 0.